The van der Waals surface area contributed by atoms with E-state index in [0.29, 0.717) is 29.9 Å². The molecule has 0 saturated carbocycles. The van der Waals surface area contributed by atoms with Crippen molar-refractivity contribution in [2.75, 3.05) is 26.0 Å². The van der Waals surface area contributed by atoms with Gasteiger partial charge in [-0.05, 0) is 24.1 Å². The molecule has 0 spiro atoms. The molecule has 2 aromatic rings. The lowest BCUT2D eigenvalue weighted by molar-refractivity contribution is -0.138. The predicted octanol–water partition coefficient (Wildman–Crippen LogP) is 2.91. The van der Waals surface area contributed by atoms with E-state index in [4.69, 9.17) is 0 Å². The van der Waals surface area contributed by atoms with Crippen molar-refractivity contribution >= 4 is 22.4 Å². The van der Waals surface area contributed by atoms with Crippen LogP contribution in [-0.4, -0.2) is 41.6 Å². The van der Waals surface area contributed by atoms with E-state index in [9.17, 15) is 18.0 Å². The van der Waals surface area contributed by atoms with Crippen molar-refractivity contribution in [2.24, 2.45) is 0 Å². The highest BCUT2D eigenvalue weighted by Crippen LogP contribution is 2.32. The van der Waals surface area contributed by atoms with Crippen molar-refractivity contribution in [3.8, 4) is 0 Å². The average Bonchev–Trinajstić information content (AvgIpc) is 2.96. The van der Waals surface area contributed by atoms with Gasteiger partial charge in [0, 0.05) is 26.2 Å². The van der Waals surface area contributed by atoms with Crippen LogP contribution in [0.1, 0.15) is 20.9 Å². The Morgan fingerprint density at radius 3 is 2.65 bits per heavy atom. The summed E-state index contributed by atoms with van der Waals surface area (Å²) < 4.78 is 37.3. The minimum absolute atomic E-state index is 0.0984. The number of nitrogens with one attached hydrogen (secondary N) is 1. The molecule has 1 aromatic heterocycles. The molecule has 0 aliphatic carbocycles. The second kappa shape index (κ2) is 6.95. The van der Waals surface area contributed by atoms with Crippen LogP contribution in [0.2, 0.25) is 0 Å². The number of alkyl halides is 3. The second-order valence-corrected chi connectivity index (χ2v) is 5.96. The standard InChI is InChI=1S/C14H15F3N4OS/c1-21(2)11(22)10-5-3-4-9(8-10)6-7-18-13-20-19-12(23-13)14(15,16)17/h3-5,8H,6-7H2,1-2H3,(H,18,20). The molecule has 2 rings (SSSR count). The summed E-state index contributed by atoms with van der Waals surface area (Å²) in [6.07, 6.45) is -3.92. The van der Waals surface area contributed by atoms with Crippen LogP contribution in [0.15, 0.2) is 24.3 Å². The molecule has 1 heterocycles. The van der Waals surface area contributed by atoms with Crippen LogP contribution in [-0.2, 0) is 12.6 Å². The lowest BCUT2D eigenvalue weighted by atomic mass is 10.1. The van der Waals surface area contributed by atoms with E-state index >= 15 is 0 Å². The van der Waals surface area contributed by atoms with Crippen LogP contribution in [0.5, 0.6) is 0 Å². The maximum absolute atomic E-state index is 12.4. The maximum atomic E-state index is 12.4. The van der Waals surface area contributed by atoms with Crippen molar-refractivity contribution in [1.29, 1.82) is 0 Å². The number of nitrogens with zero attached hydrogens (tertiary/aromatic N) is 3. The molecule has 23 heavy (non-hydrogen) atoms. The molecule has 0 unspecified atom stereocenters. The van der Waals surface area contributed by atoms with E-state index in [1.165, 1.54) is 4.90 Å². The number of halogens is 3. The van der Waals surface area contributed by atoms with E-state index in [0.717, 1.165) is 5.56 Å². The second-order valence-electron chi connectivity index (χ2n) is 4.99. The molecule has 124 valence electrons. The van der Waals surface area contributed by atoms with Crippen LogP contribution < -0.4 is 5.32 Å². The van der Waals surface area contributed by atoms with Gasteiger partial charge < -0.3 is 10.2 Å². The third-order valence-corrected chi connectivity index (χ3v) is 3.86. The first-order valence-electron chi connectivity index (χ1n) is 6.72. The molecule has 0 aliphatic rings. The van der Waals surface area contributed by atoms with E-state index in [1.807, 2.05) is 6.07 Å². The van der Waals surface area contributed by atoms with E-state index < -0.39 is 11.2 Å². The van der Waals surface area contributed by atoms with Crippen LogP contribution in [0.4, 0.5) is 18.3 Å². The molecule has 0 atom stereocenters. The Labute approximate surface area is 135 Å². The fourth-order valence-electron chi connectivity index (χ4n) is 1.84. The zero-order valence-electron chi connectivity index (χ0n) is 12.5. The number of amides is 1. The van der Waals surface area contributed by atoms with Crippen molar-refractivity contribution < 1.29 is 18.0 Å². The highest BCUT2D eigenvalue weighted by Gasteiger charge is 2.35. The van der Waals surface area contributed by atoms with E-state index in [-0.39, 0.29) is 11.0 Å². The Hall–Kier alpha value is -2.16. The van der Waals surface area contributed by atoms with Crippen LogP contribution >= 0.6 is 11.3 Å². The number of aromatic nitrogens is 2. The van der Waals surface area contributed by atoms with E-state index in [1.54, 1.807) is 32.3 Å². The van der Waals surface area contributed by atoms with Crippen molar-refractivity contribution in [2.45, 2.75) is 12.6 Å². The number of carbonyl (C=O) groups is 1. The Morgan fingerprint density at radius 1 is 1.30 bits per heavy atom. The summed E-state index contributed by atoms with van der Waals surface area (Å²) in [5, 5.41) is 8.52. The number of anilines is 1. The highest BCUT2D eigenvalue weighted by molar-refractivity contribution is 7.15. The normalized spacial score (nSPS) is 11.3. The number of rotatable bonds is 5. The summed E-state index contributed by atoms with van der Waals surface area (Å²) in [7, 11) is 3.34. The minimum atomic E-state index is -4.47. The number of hydrogen-bond donors (Lipinski definition) is 1. The topological polar surface area (TPSA) is 58.1 Å². The fraction of sp³-hybridized carbons (Fsp3) is 0.357. The number of hydrogen-bond acceptors (Lipinski definition) is 5. The van der Waals surface area contributed by atoms with Gasteiger partial charge in [-0.25, -0.2) is 0 Å². The van der Waals surface area contributed by atoms with Crippen LogP contribution in [0.3, 0.4) is 0 Å². The summed E-state index contributed by atoms with van der Waals surface area (Å²) in [6.45, 7) is 0.395. The van der Waals surface area contributed by atoms with Gasteiger partial charge in [-0.15, -0.1) is 10.2 Å². The largest absolute Gasteiger partial charge is 0.445 e. The summed E-state index contributed by atoms with van der Waals surface area (Å²) in [5.74, 6) is -0.0984. The zero-order chi connectivity index (χ0) is 17.0. The van der Waals surface area contributed by atoms with Crippen molar-refractivity contribution in [3.63, 3.8) is 0 Å². The molecule has 1 aromatic carbocycles. The van der Waals surface area contributed by atoms with Gasteiger partial charge >= 0.3 is 6.18 Å². The first-order valence-corrected chi connectivity index (χ1v) is 7.54. The Kier molecular flexibility index (Phi) is 5.19. The summed E-state index contributed by atoms with van der Waals surface area (Å²) in [5.41, 5.74) is 1.48. The quantitative estimate of drug-likeness (QED) is 0.906. The third-order valence-electron chi connectivity index (χ3n) is 2.94. The molecule has 0 saturated heterocycles. The molecular formula is C14H15F3N4OS. The molecule has 9 heteroatoms. The Bertz CT molecular complexity index is 685. The van der Waals surface area contributed by atoms with E-state index in [2.05, 4.69) is 15.5 Å². The van der Waals surface area contributed by atoms with Gasteiger partial charge in [-0.3, -0.25) is 4.79 Å². The first-order chi connectivity index (χ1) is 10.8. The Morgan fingerprint density at radius 2 is 2.04 bits per heavy atom. The summed E-state index contributed by atoms with van der Waals surface area (Å²) >= 11 is 0.468. The first kappa shape index (κ1) is 17.2. The summed E-state index contributed by atoms with van der Waals surface area (Å²) in [4.78, 5) is 13.4. The molecule has 0 radical (unpaired) electrons. The molecular weight excluding hydrogens is 329 g/mol. The lowest BCUT2D eigenvalue weighted by Crippen LogP contribution is -2.21. The molecule has 5 nitrogen and oxygen atoms in total. The van der Waals surface area contributed by atoms with Gasteiger partial charge in [0.15, 0.2) is 0 Å². The third kappa shape index (κ3) is 4.65. The van der Waals surface area contributed by atoms with Gasteiger partial charge in [-0.2, -0.15) is 13.2 Å². The minimum Gasteiger partial charge on any atom is -0.360 e. The zero-order valence-corrected chi connectivity index (χ0v) is 13.3. The average molecular weight is 344 g/mol. The number of carbonyl (C=O) groups excluding carboxylic acids is 1. The van der Waals surface area contributed by atoms with Crippen molar-refractivity contribution in [3.05, 3.63) is 40.4 Å². The molecule has 1 N–H and O–H groups in total. The van der Waals surface area contributed by atoms with Gasteiger partial charge in [-0.1, -0.05) is 23.5 Å². The number of benzene rings is 1. The van der Waals surface area contributed by atoms with Gasteiger partial charge in [0.1, 0.15) is 0 Å². The van der Waals surface area contributed by atoms with Crippen LogP contribution in [0, 0.1) is 0 Å². The van der Waals surface area contributed by atoms with Gasteiger partial charge in [0.2, 0.25) is 10.1 Å². The Balaban J connectivity index is 1.93. The monoisotopic (exact) mass is 344 g/mol. The summed E-state index contributed by atoms with van der Waals surface area (Å²) in [6, 6.07) is 7.12. The molecule has 0 fully saturated rings. The molecule has 0 aliphatic heterocycles. The smallest absolute Gasteiger partial charge is 0.360 e. The molecule has 1 amide bonds. The van der Waals surface area contributed by atoms with Crippen LogP contribution in [0.25, 0.3) is 0 Å². The lowest BCUT2D eigenvalue weighted by Gasteiger charge is -2.11. The van der Waals surface area contributed by atoms with Gasteiger partial charge in [0.25, 0.3) is 5.91 Å². The molecule has 0 bridgehead atoms. The predicted molar refractivity (Wildman–Crippen MR) is 81.6 cm³/mol. The fourth-order valence-corrected chi connectivity index (χ4v) is 2.48. The highest BCUT2D eigenvalue weighted by atomic mass is 32.1. The maximum Gasteiger partial charge on any atom is 0.445 e. The SMILES string of the molecule is CN(C)C(=O)c1cccc(CCNc2nnc(C(F)(F)F)s2)c1. The van der Waals surface area contributed by atoms with Crippen molar-refractivity contribution in [1.82, 2.24) is 15.1 Å². The van der Waals surface area contributed by atoms with Gasteiger partial charge in [0.05, 0.1) is 0 Å².